The normalized spacial score (nSPS) is 27.8. The maximum absolute atomic E-state index is 8.87. The van der Waals surface area contributed by atoms with E-state index in [1.807, 2.05) is 18.2 Å². The lowest BCUT2D eigenvalue weighted by Gasteiger charge is -2.07. The fourth-order valence-corrected chi connectivity index (χ4v) is 1.54. The highest BCUT2D eigenvalue weighted by molar-refractivity contribution is 5.19. The summed E-state index contributed by atoms with van der Waals surface area (Å²) >= 11 is 0. The van der Waals surface area contributed by atoms with Crippen LogP contribution in [-0.4, -0.2) is 17.8 Å². The Morgan fingerprint density at radius 1 is 1.38 bits per heavy atom. The van der Waals surface area contributed by atoms with Gasteiger partial charge in [-0.15, -0.1) is 0 Å². The minimum atomic E-state index is -0.0646. The van der Waals surface area contributed by atoms with E-state index in [0.29, 0.717) is 0 Å². The quantitative estimate of drug-likeness (QED) is 0.712. The van der Waals surface area contributed by atoms with Crippen LogP contribution in [0.25, 0.3) is 0 Å². The van der Waals surface area contributed by atoms with Gasteiger partial charge in [-0.25, -0.2) is 0 Å². The minimum Gasteiger partial charge on any atom is -0.394 e. The average Bonchev–Trinajstić information content (AvgIpc) is 2.67. The molecule has 1 aromatic carbocycles. The second kappa shape index (κ2) is 3.87. The smallest absolute Gasteiger partial charge is 0.104 e. The summed E-state index contributed by atoms with van der Waals surface area (Å²) in [7, 11) is 0. The molecule has 3 nitrogen and oxygen atoms in total. The van der Waals surface area contributed by atoms with Gasteiger partial charge in [0, 0.05) is 0 Å². The largest absolute Gasteiger partial charge is 0.394 e. The van der Waals surface area contributed by atoms with Crippen molar-refractivity contribution in [2.75, 3.05) is 6.61 Å². The first-order chi connectivity index (χ1) is 6.40. The highest BCUT2D eigenvalue weighted by Gasteiger charge is 2.25. The summed E-state index contributed by atoms with van der Waals surface area (Å²) in [4.78, 5) is 5.17. The van der Waals surface area contributed by atoms with Gasteiger partial charge in [-0.05, 0) is 12.0 Å². The third-order valence-corrected chi connectivity index (χ3v) is 2.28. The maximum atomic E-state index is 8.87. The molecule has 70 valence electrons. The maximum Gasteiger partial charge on any atom is 0.104 e. The molecule has 0 radical (unpaired) electrons. The molecule has 0 saturated carbocycles. The molecule has 2 rings (SSSR count). The lowest BCUT2D eigenvalue weighted by molar-refractivity contribution is -0.00335. The topological polar surface area (TPSA) is 41.5 Å². The van der Waals surface area contributed by atoms with Crippen LogP contribution in [0.1, 0.15) is 18.0 Å². The second-order valence-electron chi connectivity index (χ2n) is 3.24. The SMILES string of the molecule is OCC1CC(c2ccccc2)NO1. The van der Waals surface area contributed by atoms with Gasteiger partial charge in [0.25, 0.3) is 0 Å². The van der Waals surface area contributed by atoms with Crippen molar-refractivity contribution in [1.29, 1.82) is 0 Å². The number of hydrogen-bond acceptors (Lipinski definition) is 3. The Hall–Kier alpha value is -0.900. The van der Waals surface area contributed by atoms with E-state index >= 15 is 0 Å². The van der Waals surface area contributed by atoms with Crippen LogP contribution in [-0.2, 0) is 4.84 Å². The Balaban J connectivity index is 2.04. The van der Waals surface area contributed by atoms with Crippen LogP contribution < -0.4 is 5.48 Å². The van der Waals surface area contributed by atoms with E-state index in [9.17, 15) is 0 Å². The summed E-state index contributed by atoms with van der Waals surface area (Å²) in [6.45, 7) is 0.0797. The molecule has 1 fully saturated rings. The van der Waals surface area contributed by atoms with Crippen molar-refractivity contribution in [2.45, 2.75) is 18.6 Å². The first-order valence-corrected chi connectivity index (χ1v) is 4.47. The van der Waals surface area contributed by atoms with Gasteiger partial charge in [0.2, 0.25) is 0 Å². The van der Waals surface area contributed by atoms with Gasteiger partial charge in [-0.2, -0.15) is 5.48 Å². The van der Waals surface area contributed by atoms with Crippen LogP contribution in [0.5, 0.6) is 0 Å². The van der Waals surface area contributed by atoms with Crippen LogP contribution in [0.3, 0.4) is 0 Å². The zero-order valence-corrected chi connectivity index (χ0v) is 7.31. The molecule has 0 spiro atoms. The van der Waals surface area contributed by atoms with Gasteiger partial charge in [0.15, 0.2) is 0 Å². The van der Waals surface area contributed by atoms with E-state index in [1.165, 1.54) is 5.56 Å². The van der Waals surface area contributed by atoms with Gasteiger partial charge < -0.3 is 5.11 Å². The predicted molar refractivity (Wildman–Crippen MR) is 48.9 cm³/mol. The molecule has 0 aromatic heterocycles. The molecule has 2 atom stereocenters. The molecule has 1 aromatic rings. The van der Waals surface area contributed by atoms with E-state index < -0.39 is 0 Å². The molecular formula is C10H13NO2. The van der Waals surface area contributed by atoms with Crippen LogP contribution in [0.15, 0.2) is 30.3 Å². The van der Waals surface area contributed by atoms with Gasteiger partial charge in [0.05, 0.1) is 12.6 Å². The van der Waals surface area contributed by atoms with Crippen molar-refractivity contribution in [1.82, 2.24) is 5.48 Å². The van der Waals surface area contributed by atoms with Gasteiger partial charge in [-0.1, -0.05) is 30.3 Å². The monoisotopic (exact) mass is 179 g/mol. The Bertz CT molecular complexity index is 263. The van der Waals surface area contributed by atoms with Crippen LogP contribution in [0, 0.1) is 0 Å². The van der Waals surface area contributed by atoms with Gasteiger partial charge in [0.1, 0.15) is 6.10 Å². The standard InChI is InChI=1S/C10H13NO2/c12-7-9-6-10(11-13-9)8-4-2-1-3-5-8/h1-5,9-12H,6-7H2. The van der Waals surface area contributed by atoms with Crippen LogP contribution in [0.2, 0.25) is 0 Å². The first-order valence-electron chi connectivity index (χ1n) is 4.47. The van der Waals surface area contributed by atoms with Crippen LogP contribution >= 0.6 is 0 Å². The van der Waals surface area contributed by atoms with Crippen molar-refractivity contribution in [2.24, 2.45) is 0 Å². The molecule has 0 aliphatic carbocycles. The summed E-state index contributed by atoms with van der Waals surface area (Å²) in [5.74, 6) is 0. The van der Waals surface area contributed by atoms with E-state index in [0.717, 1.165) is 6.42 Å². The Labute approximate surface area is 77.3 Å². The number of benzene rings is 1. The average molecular weight is 179 g/mol. The molecule has 3 heteroatoms. The zero-order valence-electron chi connectivity index (χ0n) is 7.31. The molecule has 2 N–H and O–H groups in total. The highest BCUT2D eigenvalue weighted by atomic mass is 16.7. The lowest BCUT2D eigenvalue weighted by Crippen LogP contribution is -2.14. The molecule has 0 amide bonds. The summed E-state index contributed by atoms with van der Waals surface area (Å²) in [5, 5.41) is 8.87. The highest BCUT2D eigenvalue weighted by Crippen LogP contribution is 2.24. The van der Waals surface area contributed by atoms with Crippen molar-refractivity contribution in [3.63, 3.8) is 0 Å². The van der Waals surface area contributed by atoms with Crippen molar-refractivity contribution in [3.05, 3.63) is 35.9 Å². The molecule has 1 aliphatic heterocycles. The number of aliphatic hydroxyl groups excluding tert-OH is 1. The molecule has 1 saturated heterocycles. The Morgan fingerprint density at radius 2 is 2.15 bits per heavy atom. The number of rotatable bonds is 2. The molecule has 13 heavy (non-hydrogen) atoms. The molecule has 0 bridgehead atoms. The van der Waals surface area contributed by atoms with Crippen molar-refractivity contribution < 1.29 is 9.94 Å². The van der Waals surface area contributed by atoms with Crippen LogP contribution in [0.4, 0.5) is 0 Å². The second-order valence-corrected chi connectivity index (χ2v) is 3.24. The third-order valence-electron chi connectivity index (χ3n) is 2.28. The minimum absolute atomic E-state index is 0.0646. The van der Waals surface area contributed by atoms with Gasteiger partial charge in [-0.3, -0.25) is 4.84 Å². The number of nitrogens with one attached hydrogen (secondary N) is 1. The summed E-state index contributed by atoms with van der Waals surface area (Å²) in [6, 6.07) is 10.3. The number of hydroxylamine groups is 1. The van der Waals surface area contributed by atoms with E-state index in [2.05, 4.69) is 17.6 Å². The Morgan fingerprint density at radius 3 is 2.77 bits per heavy atom. The van der Waals surface area contributed by atoms with Crippen molar-refractivity contribution in [3.8, 4) is 0 Å². The summed E-state index contributed by atoms with van der Waals surface area (Å²) in [6.07, 6.45) is 0.769. The fraction of sp³-hybridized carbons (Fsp3) is 0.400. The predicted octanol–water partition coefficient (Wildman–Crippen LogP) is 1.01. The van der Waals surface area contributed by atoms with E-state index in [4.69, 9.17) is 9.94 Å². The lowest BCUT2D eigenvalue weighted by atomic mass is 10.0. The molecule has 1 aliphatic rings. The fourth-order valence-electron chi connectivity index (χ4n) is 1.54. The molecular weight excluding hydrogens is 166 g/mol. The first kappa shape index (κ1) is 8.69. The summed E-state index contributed by atoms with van der Waals surface area (Å²) < 4.78 is 0. The van der Waals surface area contributed by atoms with Gasteiger partial charge >= 0.3 is 0 Å². The number of hydrogen-bond donors (Lipinski definition) is 2. The third kappa shape index (κ3) is 1.88. The summed E-state index contributed by atoms with van der Waals surface area (Å²) in [5.41, 5.74) is 4.12. The zero-order chi connectivity index (χ0) is 9.10. The van der Waals surface area contributed by atoms with Crippen molar-refractivity contribution >= 4 is 0 Å². The molecule has 1 heterocycles. The van der Waals surface area contributed by atoms with E-state index in [-0.39, 0.29) is 18.8 Å². The number of aliphatic hydroxyl groups is 1. The Kier molecular flexibility index (Phi) is 2.59. The molecule has 2 unspecified atom stereocenters. The van der Waals surface area contributed by atoms with E-state index in [1.54, 1.807) is 0 Å².